The van der Waals surface area contributed by atoms with Crippen molar-refractivity contribution < 1.29 is 4.74 Å². The topological polar surface area (TPSA) is 21.3 Å². The summed E-state index contributed by atoms with van der Waals surface area (Å²) in [6, 6.07) is 17.3. The highest BCUT2D eigenvalue weighted by molar-refractivity contribution is 14.1. The average Bonchev–Trinajstić information content (AvgIpc) is 2.88. The van der Waals surface area contributed by atoms with Gasteiger partial charge in [-0.25, -0.2) is 0 Å². The Morgan fingerprint density at radius 3 is 2.70 bits per heavy atom. The molecule has 2 aromatic rings. The first-order chi connectivity index (χ1) is 9.72. The smallest absolute Gasteiger partial charge is 0.123 e. The fourth-order valence-corrected chi connectivity index (χ4v) is 2.90. The van der Waals surface area contributed by atoms with Crippen LogP contribution in [0.3, 0.4) is 0 Å². The third-order valence-electron chi connectivity index (χ3n) is 3.74. The minimum absolute atomic E-state index is 0.249. The Morgan fingerprint density at radius 1 is 1.20 bits per heavy atom. The summed E-state index contributed by atoms with van der Waals surface area (Å²) in [7, 11) is 0. The number of hydrogen-bond donors (Lipinski definition) is 1. The van der Waals surface area contributed by atoms with Crippen molar-refractivity contribution in [2.24, 2.45) is 0 Å². The first-order valence-corrected chi connectivity index (χ1v) is 8.03. The van der Waals surface area contributed by atoms with Crippen molar-refractivity contribution in [3.63, 3.8) is 0 Å². The van der Waals surface area contributed by atoms with E-state index in [1.165, 1.54) is 14.7 Å². The number of rotatable bonds is 4. The van der Waals surface area contributed by atoms with E-state index in [9.17, 15) is 0 Å². The van der Waals surface area contributed by atoms with Crippen molar-refractivity contribution >= 4 is 22.6 Å². The van der Waals surface area contributed by atoms with E-state index in [1.807, 2.05) is 6.07 Å². The Morgan fingerprint density at radius 2 is 1.95 bits per heavy atom. The molecule has 0 saturated carbocycles. The first kappa shape index (κ1) is 13.9. The molecule has 0 spiro atoms. The summed E-state index contributed by atoms with van der Waals surface area (Å²) >= 11 is 2.33. The highest BCUT2D eigenvalue weighted by atomic mass is 127. The predicted octanol–water partition coefficient (Wildman–Crippen LogP) is 3.95. The Labute approximate surface area is 133 Å². The monoisotopic (exact) mass is 379 g/mol. The Balaban J connectivity index is 1.55. The molecular weight excluding hydrogens is 361 g/mol. The second-order valence-electron chi connectivity index (χ2n) is 5.23. The molecule has 0 radical (unpaired) electrons. The molecule has 0 amide bonds. The molecule has 2 aromatic carbocycles. The van der Waals surface area contributed by atoms with Gasteiger partial charge in [0.15, 0.2) is 0 Å². The van der Waals surface area contributed by atoms with Gasteiger partial charge in [0, 0.05) is 22.6 Å². The molecule has 3 heteroatoms. The third kappa shape index (κ3) is 3.15. The summed E-state index contributed by atoms with van der Waals surface area (Å²) in [6.45, 7) is 3.08. The van der Waals surface area contributed by atoms with Crippen LogP contribution in [0.4, 0.5) is 0 Å². The van der Waals surface area contributed by atoms with Gasteiger partial charge in [-0.05, 0) is 58.8 Å². The molecule has 3 rings (SSSR count). The number of fused-ring (bicyclic) bond motifs is 1. The van der Waals surface area contributed by atoms with Crippen LogP contribution >= 0.6 is 22.6 Å². The molecule has 0 fully saturated rings. The van der Waals surface area contributed by atoms with E-state index >= 15 is 0 Å². The van der Waals surface area contributed by atoms with E-state index in [1.54, 1.807) is 0 Å². The third-order valence-corrected chi connectivity index (χ3v) is 4.45. The van der Waals surface area contributed by atoms with Gasteiger partial charge in [0.05, 0.1) is 0 Å². The molecule has 2 nitrogen and oxygen atoms in total. The van der Waals surface area contributed by atoms with Gasteiger partial charge in [0.2, 0.25) is 0 Å². The molecule has 2 atom stereocenters. The number of ether oxygens (including phenoxy) is 1. The Hall–Kier alpha value is -1.07. The number of nitrogens with one attached hydrogen (secondary N) is 1. The van der Waals surface area contributed by atoms with Crippen LogP contribution in [0.15, 0.2) is 48.5 Å². The van der Waals surface area contributed by atoms with Crippen LogP contribution in [0, 0.1) is 3.57 Å². The van der Waals surface area contributed by atoms with Gasteiger partial charge in [-0.1, -0.05) is 30.3 Å². The van der Waals surface area contributed by atoms with Gasteiger partial charge in [0.25, 0.3) is 0 Å². The summed E-state index contributed by atoms with van der Waals surface area (Å²) in [5, 5.41) is 3.57. The second kappa shape index (κ2) is 6.14. The van der Waals surface area contributed by atoms with Gasteiger partial charge >= 0.3 is 0 Å². The number of hydrogen-bond acceptors (Lipinski definition) is 2. The van der Waals surface area contributed by atoms with Crippen molar-refractivity contribution in [1.29, 1.82) is 0 Å². The highest BCUT2D eigenvalue weighted by Crippen LogP contribution is 2.28. The first-order valence-electron chi connectivity index (χ1n) is 6.96. The van der Waals surface area contributed by atoms with E-state index in [2.05, 4.69) is 77.3 Å². The molecule has 1 aliphatic rings. The van der Waals surface area contributed by atoms with E-state index in [0.717, 1.165) is 18.7 Å². The maximum atomic E-state index is 5.95. The van der Waals surface area contributed by atoms with Crippen molar-refractivity contribution in [3.05, 3.63) is 63.2 Å². The highest BCUT2D eigenvalue weighted by Gasteiger charge is 2.22. The van der Waals surface area contributed by atoms with Crippen molar-refractivity contribution in [2.75, 3.05) is 6.54 Å². The molecule has 0 aliphatic carbocycles. The summed E-state index contributed by atoms with van der Waals surface area (Å²) < 4.78 is 7.22. The summed E-state index contributed by atoms with van der Waals surface area (Å²) in [5.74, 6) is 1.04. The van der Waals surface area contributed by atoms with Crippen LogP contribution in [-0.2, 0) is 6.42 Å². The van der Waals surface area contributed by atoms with Crippen LogP contribution in [0.1, 0.15) is 24.1 Å². The summed E-state index contributed by atoms with van der Waals surface area (Å²) in [4.78, 5) is 0. The van der Waals surface area contributed by atoms with E-state index in [4.69, 9.17) is 4.74 Å². The quantitative estimate of drug-likeness (QED) is 0.813. The lowest BCUT2D eigenvalue weighted by molar-refractivity contribution is 0.222. The fourth-order valence-electron chi connectivity index (χ4n) is 2.55. The molecule has 1 heterocycles. The summed E-state index contributed by atoms with van der Waals surface area (Å²) in [5.41, 5.74) is 2.64. The molecular formula is C17H18INO. The second-order valence-corrected chi connectivity index (χ2v) is 6.48. The minimum atomic E-state index is 0.249. The van der Waals surface area contributed by atoms with Crippen molar-refractivity contribution in [3.8, 4) is 5.75 Å². The molecule has 20 heavy (non-hydrogen) atoms. The van der Waals surface area contributed by atoms with Gasteiger partial charge in [0.1, 0.15) is 11.9 Å². The largest absolute Gasteiger partial charge is 0.488 e. The molecule has 0 aromatic heterocycles. The summed E-state index contributed by atoms with van der Waals surface area (Å²) in [6.07, 6.45) is 1.25. The molecule has 1 aliphatic heterocycles. The molecule has 1 N–H and O–H groups in total. The lowest BCUT2D eigenvalue weighted by Gasteiger charge is -2.17. The molecule has 104 valence electrons. The van der Waals surface area contributed by atoms with Crippen LogP contribution in [0.25, 0.3) is 0 Å². The van der Waals surface area contributed by atoms with Crippen molar-refractivity contribution in [1.82, 2.24) is 5.32 Å². The van der Waals surface area contributed by atoms with Crippen LogP contribution in [-0.4, -0.2) is 12.6 Å². The van der Waals surface area contributed by atoms with Gasteiger partial charge in [-0.3, -0.25) is 0 Å². The molecule has 0 bridgehead atoms. The van der Waals surface area contributed by atoms with Gasteiger partial charge in [-0.2, -0.15) is 0 Å². The zero-order chi connectivity index (χ0) is 13.9. The number of benzene rings is 2. The predicted molar refractivity (Wildman–Crippen MR) is 90.1 cm³/mol. The molecule has 2 unspecified atom stereocenters. The molecule has 0 saturated heterocycles. The van der Waals surface area contributed by atoms with Gasteiger partial charge in [-0.15, -0.1) is 0 Å². The van der Waals surface area contributed by atoms with Crippen LogP contribution in [0.2, 0.25) is 0 Å². The number of para-hydroxylation sites is 1. The standard InChI is InChI=1S/C17H18INO/c1-12(13-6-8-15(18)9-7-13)19-11-16-10-14-4-2-3-5-17(14)20-16/h2-9,12,16,19H,10-11H2,1H3. The Bertz CT molecular complexity index is 557. The Kier molecular flexibility index (Phi) is 4.27. The number of halogens is 1. The van der Waals surface area contributed by atoms with Crippen LogP contribution in [0.5, 0.6) is 5.75 Å². The lowest BCUT2D eigenvalue weighted by atomic mass is 10.1. The average molecular weight is 379 g/mol. The van der Waals surface area contributed by atoms with E-state index in [-0.39, 0.29) is 6.10 Å². The lowest BCUT2D eigenvalue weighted by Crippen LogP contribution is -2.31. The minimum Gasteiger partial charge on any atom is -0.488 e. The normalized spacial score (nSPS) is 18.4. The van der Waals surface area contributed by atoms with Crippen molar-refractivity contribution in [2.45, 2.75) is 25.5 Å². The maximum Gasteiger partial charge on any atom is 0.123 e. The van der Waals surface area contributed by atoms with Gasteiger partial charge < -0.3 is 10.1 Å². The van der Waals surface area contributed by atoms with E-state index in [0.29, 0.717) is 6.04 Å². The fraction of sp³-hybridized carbons (Fsp3) is 0.294. The van der Waals surface area contributed by atoms with E-state index < -0.39 is 0 Å². The SMILES string of the molecule is CC(NCC1Cc2ccccc2O1)c1ccc(I)cc1. The maximum absolute atomic E-state index is 5.95. The zero-order valence-electron chi connectivity index (χ0n) is 11.5. The van der Waals surface area contributed by atoms with Crippen LogP contribution < -0.4 is 10.1 Å². The zero-order valence-corrected chi connectivity index (χ0v) is 13.6.